The topological polar surface area (TPSA) is 88.0 Å². The summed E-state index contributed by atoms with van der Waals surface area (Å²) in [6.45, 7) is 0. The van der Waals surface area contributed by atoms with Crippen LogP contribution < -0.4 is 16.8 Å². The van der Waals surface area contributed by atoms with Gasteiger partial charge in [0.2, 0.25) is 0 Å². The molecule has 0 aliphatic rings. The second-order valence-corrected chi connectivity index (χ2v) is 3.45. The fourth-order valence-electron chi connectivity index (χ4n) is 1.52. The number of pyridine rings is 1. The zero-order valence-electron chi connectivity index (χ0n) is 8.94. The quantitative estimate of drug-likeness (QED) is 0.401. The molecule has 1 heterocycles. The lowest BCUT2D eigenvalue weighted by atomic mass is 10.1. The summed E-state index contributed by atoms with van der Waals surface area (Å²) in [7, 11) is 0. The van der Waals surface area contributed by atoms with Gasteiger partial charge < -0.3 is 4.98 Å². The SMILES string of the molecule is NNC(=O)c1ccc(-c2ccccc2)[nH]c1=O. The first-order valence-corrected chi connectivity index (χ1v) is 5.02. The van der Waals surface area contributed by atoms with Gasteiger partial charge in [0.05, 0.1) is 0 Å². The summed E-state index contributed by atoms with van der Waals surface area (Å²) in [4.78, 5) is 25.5. The summed E-state index contributed by atoms with van der Waals surface area (Å²) in [5.41, 5.74) is 2.99. The van der Waals surface area contributed by atoms with E-state index in [0.29, 0.717) is 5.69 Å². The number of benzene rings is 1. The van der Waals surface area contributed by atoms with Crippen molar-refractivity contribution in [1.82, 2.24) is 10.4 Å². The minimum absolute atomic E-state index is 0.00724. The van der Waals surface area contributed by atoms with Crippen molar-refractivity contribution in [1.29, 1.82) is 0 Å². The summed E-state index contributed by atoms with van der Waals surface area (Å²) in [6, 6.07) is 12.5. The van der Waals surface area contributed by atoms with Gasteiger partial charge in [-0.1, -0.05) is 30.3 Å². The second-order valence-electron chi connectivity index (χ2n) is 3.45. The van der Waals surface area contributed by atoms with Gasteiger partial charge in [-0.05, 0) is 17.7 Å². The first-order chi connectivity index (χ1) is 8.22. The smallest absolute Gasteiger partial charge is 0.270 e. The van der Waals surface area contributed by atoms with Crippen LogP contribution in [0, 0.1) is 0 Å². The Morgan fingerprint density at radius 3 is 2.41 bits per heavy atom. The number of rotatable bonds is 2. The Labute approximate surface area is 97.3 Å². The molecule has 0 aliphatic heterocycles. The highest BCUT2D eigenvalue weighted by Gasteiger charge is 2.09. The van der Waals surface area contributed by atoms with Crippen molar-refractivity contribution in [2.75, 3.05) is 0 Å². The summed E-state index contributed by atoms with van der Waals surface area (Å²) >= 11 is 0. The van der Waals surface area contributed by atoms with E-state index in [-0.39, 0.29) is 5.56 Å². The second kappa shape index (κ2) is 4.63. The number of nitrogens with one attached hydrogen (secondary N) is 2. The van der Waals surface area contributed by atoms with Crippen molar-refractivity contribution in [3.05, 3.63) is 58.4 Å². The molecule has 1 aromatic carbocycles. The molecule has 17 heavy (non-hydrogen) atoms. The molecule has 0 unspecified atom stereocenters. The molecular formula is C12H11N3O2. The Hall–Kier alpha value is -2.40. The van der Waals surface area contributed by atoms with Crippen LogP contribution in [0.4, 0.5) is 0 Å². The Morgan fingerprint density at radius 2 is 1.82 bits per heavy atom. The average molecular weight is 229 g/mol. The molecule has 0 saturated heterocycles. The van der Waals surface area contributed by atoms with Crippen LogP contribution in [0.25, 0.3) is 11.3 Å². The molecule has 0 fully saturated rings. The maximum Gasteiger partial charge on any atom is 0.270 e. The van der Waals surface area contributed by atoms with Crippen molar-refractivity contribution in [2.24, 2.45) is 5.84 Å². The average Bonchev–Trinajstić information content (AvgIpc) is 2.39. The predicted octanol–water partition coefficient (Wildman–Crippen LogP) is 0.645. The van der Waals surface area contributed by atoms with Crippen molar-refractivity contribution in [3.8, 4) is 11.3 Å². The number of nitrogen functional groups attached to an aromatic ring is 1. The molecule has 0 aliphatic carbocycles. The Bertz CT molecular complexity index is 590. The van der Waals surface area contributed by atoms with Gasteiger partial charge in [-0.25, -0.2) is 5.84 Å². The van der Waals surface area contributed by atoms with Crippen LogP contribution in [-0.2, 0) is 0 Å². The molecule has 86 valence electrons. The molecule has 0 saturated carbocycles. The number of amides is 1. The fourth-order valence-corrected chi connectivity index (χ4v) is 1.52. The normalized spacial score (nSPS) is 9.94. The third kappa shape index (κ3) is 2.24. The number of carbonyl (C=O) groups excluding carboxylic acids is 1. The van der Waals surface area contributed by atoms with Crippen molar-refractivity contribution < 1.29 is 4.79 Å². The van der Waals surface area contributed by atoms with Crippen molar-refractivity contribution in [3.63, 3.8) is 0 Å². The number of aromatic amines is 1. The molecule has 0 radical (unpaired) electrons. The number of hydrogen-bond acceptors (Lipinski definition) is 3. The maximum atomic E-state index is 11.6. The standard InChI is InChI=1S/C12H11N3O2/c13-15-12(17)9-6-7-10(14-11(9)16)8-4-2-1-3-5-8/h1-7H,13H2,(H,14,16)(H,15,17). The van der Waals surface area contributed by atoms with E-state index < -0.39 is 11.5 Å². The molecule has 0 atom stereocenters. The Kier molecular flexibility index (Phi) is 3.02. The van der Waals surface area contributed by atoms with E-state index in [2.05, 4.69) is 4.98 Å². The third-order valence-electron chi connectivity index (χ3n) is 2.37. The van der Waals surface area contributed by atoms with E-state index >= 15 is 0 Å². The van der Waals surface area contributed by atoms with Gasteiger partial charge in [-0.2, -0.15) is 0 Å². The van der Waals surface area contributed by atoms with Crippen LogP contribution in [0.1, 0.15) is 10.4 Å². The lowest BCUT2D eigenvalue weighted by Crippen LogP contribution is -2.34. The van der Waals surface area contributed by atoms with Crippen LogP contribution in [0.3, 0.4) is 0 Å². The number of hydrazine groups is 1. The van der Waals surface area contributed by atoms with Gasteiger partial charge in [-0.15, -0.1) is 0 Å². The van der Waals surface area contributed by atoms with Gasteiger partial charge in [0.25, 0.3) is 11.5 Å². The monoisotopic (exact) mass is 229 g/mol. The summed E-state index contributed by atoms with van der Waals surface area (Å²) in [5, 5.41) is 0. The number of aromatic nitrogens is 1. The van der Waals surface area contributed by atoms with E-state index in [1.165, 1.54) is 6.07 Å². The van der Waals surface area contributed by atoms with Crippen LogP contribution >= 0.6 is 0 Å². The summed E-state index contributed by atoms with van der Waals surface area (Å²) in [6.07, 6.45) is 0. The Balaban J connectivity index is 2.45. The van der Waals surface area contributed by atoms with E-state index in [4.69, 9.17) is 5.84 Å². The molecule has 5 nitrogen and oxygen atoms in total. The van der Waals surface area contributed by atoms with E-state index in [9.17, 15) is 9.59 Å². The van der Waals surface area contributed by atoms with Crippen molar-refractivity contribution in [2.45, 2.75) is 0 Å². The van der Waals surface area contributed by atoms with Crippen LogP contribution in [0.15, 0.2) is 47.3 Å². The highest BCUT2D eigenvalue weighted by Crippen LogP contribution is 2.14. The Morgan fingerprint density at radius 1 is 1.12 bits per heavy atom. The highest BCUT2D eigenvalue weighted by molar-refractivity contribution is 5.93. The van der Waals surface area contributed by atoms with Gasteiger partial charge in [0.15, 0.2) is 0 Å². The minimum atomic E-state index is -0.606. The molecule has 1 aromatic heterocycles. The zero-order chi connectivity index (χ0) is 12.3. The minimum Gasteiger partial charge on any atom is -0.321 e. The molecule has 5 heteroatoms. The van der Waals surface area contributed by atoms with Gasteiger partial charge in [-0.3, -0.25) is 15.0 Å². The first-order valence-electron chi connectivity index (χ1n) is 5.02. The van der Waals surface area contributed by atoms with Gasteiger partial charge >= 0.3 is 0 Å². The lowest BCUT2D eigenvalue weighted by Gasteiger charge is -2.03. The van der Waals surface area contributed by atoms with Crippen molar-refractivity contribution >= 4 is 5.91 Å². The molecule has 0 bridgehead atoms. The predicted molar refractivity (Wildman–Crippen MR) is 64.2 cm³/mol. The molecule has 2 rings (SSSR count). The first kappa shape index (κ1) is 11.1. The lowest BCUT2D eigenvalue weighted by molar-refractivity contribution is 0.0952. The fraction of sp³-hybridized carbons (Fsp3) is 0. The van der Waals surface area contributed by atoms with Gasteiger partial charge in [0.1, 0.15) is 5.56 Å². The van der Waals surface area contributed by atoms with Crippen LogP contribution in [0.2, 0.25) is 0 Å². The summed E-state index contributed by atoms with van der Waals surface area (Å²) < 4.78 is 0. The molecule has 0 spiro atoms. The van der Waals surface area contributed by atoms with E-state index in [1.807, 2.05) is 35.8 Å². The molecule has 2 aromatic rings. The van der Waals surface area contributed by atoms with Crippen LogP contribution in [0.5, 0.6) is 0 Å². The molecule has 1 amide bonds. The number of hydrogen-bond donors (Lipinski definition) is 3. The third-order valence-corrected chi connectivity index (χ3v) is 2.37. The number of H-pyrrole nitrogens is 1. The highest BCUT2D eigenvalue weighted by atomic mass is 16.2. The van der Waals surface area contributed by atoms with E-state index in [0.717, 1.165) is 5.56 Å². The van der Waals surface area contributed by atoms with E-state index in [1.54, 1.807) is 6.07 Å². The maximum absolute atomic E-state index is 11.6. The zero-order valence-corrected chi connectivity index (χ0v) is 8.94. The molecular weight excluding hydrogens is 218 g/mol. The molecule has 4 N–H and O–H groups in total. The van der Waals surface area contributed by atoms with Gasteiger partial charge in [0, 0.05) is 5.69 Å². The number of carbonyl (C=O) groups is 1. The largest absolute Gasteiger partial charge is 0.321 e. The number of nitrogens with two attached hydrogens (primary N) is 1. The summed E-state index contributed by atoms with van der Waals surface area (Å²) in [5.74, 6) is 4.36. The van der Waals surface area contributed by atoms with Crippen LogP contribution in [-0.4, -0.2) is 10.9 Å².